The average Bonchev–Trinajstić information content (AvgIpc) is 2.55. The highest BCUT2D eigenvalue weighted by Gasteiger charge is 2.11. The third-order valence-electron chi connectivity index (χ3n) is 3.45. The van der Waals surface area contributed by atoms with Crippen LogP contribution in [0.2, 0.25) is 0 Å². The molecule has 0 saturated carbocycles. The molecule has 0 aliphatic heterocycles. The molecule has 2 aromatic carbocycles. The van der Waals surface area contributed by atoms with Gasteiger partial charge in [-0.15, -0.1) is 0 Å². The van der Waals surface area contributed by atoms with Crippen molar-refractivity contribution in [1.29, 1.82) is 5.26 Å². The smallest absolute Gasteiger partial charge is 0.266 e. The third kappa shape index (κ3) is 4.59. The highest BCUT2D eigenvalue weighted by Crippen LogP contribution is 2.21. The molecule has 0 unspecified atom stereocenters. The molecular formula is C19H17IN2O2. The number of carbonyl (C=O) groups is 1. The third-order valence-corrected chi connectivity index (χ3v) is 4.07. The van der Waals surface area contributed by atoms with Crippen LogP contribution in [-0.2, 0) is 4.79 Å². The molecule has 0 fully saturated rings. The number of nitriles is 1. The Hall–Kier alpha value is -2.33. The SMILES string of the molecule is COc1cc(I)cc(/C=C(\C#N)C(=O)Nc2cc(C)ccc2C)c1. The summed E-state index contributed by atoms with van der Waals surface area (Å²) in [5.41, 5.74) is 3.48. The van der Waals surface area contributed by atoms with Gasteiger partial charge in [-0.1, -0.05) is 12.1 Å². The first kappa shape index (κ1) is 18.0. The minimum atomic E-state index is -0.427. The molecule has 5 heteroatoms. The summed E-state index contributed by atoms with van der Waals surface area (Å²) in [6.07, 6.45) is 1.56. The summed E-state index contributed by atoms with van der Waals surface area (Å²) in [5, 5.41) is 12.1. The zero-order chi connectivity index (χ0) is 17.7. The lowest BCUT2D eigenvalue weighted by molar-refractivity contribution is -0.112. The van der Waals surface area contributed by atoms with Gasteiger partial charge in [-0.25, -0.2) is 0 Å². The molecule has 4 nitrogen and oxygen atoms in total. The van der Waals surface area contributed by atoms with Gasteiger partial charge < -0.3 is 10.1 Å². The van der Waals surface area contributed by atoms with Crippen molar-refractivity contribution in [3.8, 4) is 11.8 Å². The van der Waals surface area contributed by atoms with E-state index in [4.69, 9.17) is 4.74 Å². The second-order valence-electron chi connectivity index (χ2n) is 5.37. The van der Waals surface area contributed by atoms with Gasteiger partial charge in [0.15, 0.2) is 0 Å². The van der Waals surface area contributed by atoms with Crippen LogP contribution in [0, 0.1) is 28.7 Å². The van der Waals surface area contributed by atoms with Crippen molar-refractivity contribution in [2.75, 3.05) is 12.4 Å². The minimum Gasteiger partial charge on any atom is -0.497 e. The molecule has 0 spiro atoms. The molecule has 0 aliphatic carbocycles. The van der Waals surface area contributed by atoms with Crippen LogP contribution in [0.4, 0.5) is 5.69 Å². The lowest BCUT2D eigenvalue weighted by atomic mass is 10.1. The number of nitrogens with zero attached hydrogens (tertiary/aromatic N) is 1. The second kappa shape index (κ2) is 7.97. The van der Waals surface area contributed by atoms with Crippen LogP contribution in [0.25, 0.3) is 6.08 Å². The molecule has 0 heterocycles. The molecule has 0 aromatic heterocycles. The Bertz CT molecular complexity index is 851. The van der Waals surface area contributed by atoms with Gasteiger partial charge in [0.25, 0.3) is 5.91 Å². The van der Waals surface area contributed by atoms with E-state index in [0.29, 0.717) is 11.4 Å². The molecular weight excluding hydrogens is 415 g/mol. The van der Waals surface area contributed by atoms with E-state index in [1.54, 1.807) is 19.3 Å². The number of aryl methyl sites for hydroxylation is 2. The minimum absolute atomic E-state index is 0.0416. The predicted octanol–water partition coefficient (Wildman–Crippen LogP) is 4.46. The van der Waals surface area contributed by atoms with Crippen LogP contribution in [0.5, 0.6) is 5.75 Å². The molecule has 0 bridgehead atoms. The van der Waals surface area contributed by atoms with Gasteiger partial charge in [-0.05, 0) is 83.5 Å². The molecule has 1 amide bonds. The molecule has 0 saturated heterocycles. The fraction of sp³-hybridized carbons (Fsp3) is 0.158. The number of benzene rings is 2. The zero-order valence-corrected chi connectivity index (χ0v) is 15.8. The summed E-state index contributed by atoms with van der Waals surface area (Å²) in [5.74, 6) is 0.254. The van der Waals surface area contributed by atoms with Gasteiger partial charge >= 0.3 is 0 Å². The highest BCUT2D eigenvalue weighted by molar-refractivity contribution is 14.1. The number of halogens is 1. The highest BCUT2D eigenvalue weighted by atomic mass is 127. The first-order chi connectivity index (χ1) is 11.4. The second-order valence-corrected chi connectivity index (χ2v) is 6.61. The van der Waals surface area contributed by atoms with E-state index >= 15 is 0 Å². The van der Waals surface area contributed by atoms with Crippen molar-refractivity contribution in [3.05, 3.63) is 62.2 Å². The van der Waals surface area contributed by atoms with Crippen molar-refractivity contribution in [3.63, 3.8) is 0 Å². The van der Waals surface area contributed by atoms with Gasteiger partial charge in [-0.3, -0.25) is 4.79 Å². The number of amides is 1. The van der Waals surface area contributed by atoms with Gasteiger partial charge in [0.2, 0.25) is 0 Å². The summed E-state index contributed by atoms with van der Waals surface area (Å²) in [6.45, 7) is 3.86. The molecule has 2 aromatic rings. The van der Waals surface area contributed by atoms with Crippen LogP contribution in [0.1, 0.15) is 16.7 Å². The van der Waals surface area contributed by atoms with Crippen LogP contribution in [0.15, 0.2) is 42.0 Å². The lowest BCUT2D eigenvalue weighted by Crippen LogP contribution is -2.14. The number of hydrogen-bond donors (Lipinski definition) is 1. The van der Waals surface area contributed by atoms with Crippen molar-refractivity contribution >= 4 is 40.3 Å². The Morgan fingerprint density at radius 3 is 2.67 bits per heavy atom. The van der Waals surface area contributed by atoms with Crippen LogP contribution in [0.3, 0.4) is 0 Å². The number of carbonyl (C=O) groups excluding carboxylic acids is 1. The number of nitrogens with one attached hydrogen (secondary N) is 1. The molecule has 2 rings (SSSR count). The average molecular weight is 432 g/mol. The van der Waals surface area contributed by atoms with E-state index in [0.717, 1.165) is 20.3 Å². The molecule has 0 atom stereocenters. The fourth-order valence-corrected chi connectivity index (χ4v) is 2.83. The van der Waals surface area contributed by atoms with E-state index in [2.05, 4.69) is 27.9 Å². The number of methoxy groups -OCH3 is 1. The Balaban J connectivity index is 2.31. The maximum absolute atomic E-state index is 12.4. The maximum atomic E-state index is 12.4. The van der Waals surface area contributed by atoms with E-state index in [1.165, 1.54) is 0 Å². The van der Waals surface area contributed by atoms with E-state index in [-0.39, 0.29) is 5.57 Å². The fourth-order valence-electron chi connectivity index (χ4n) is 2.16. The van der Waals surface area contributed by atoms with Crippen LogP contribution < -0.4 is 10.1 Å². The summed E-state index contributed by atoms with van der Waals surface area (Å²) in [7, 11) is 1.58. The normalized spacial score (nSPS) is 10.9. The van der Waals surface area contributed by atoms with Gasteiger partial charge in [0.05, 0.1) is 7.11 Å². The van der Waals surface area contributed by atoms with E-state index in [9.17, 15) is 10.1 Å². The number of anilines is 1. The standard InChI is InChI=1S/C19H17IN2O2/c1-12-4-5-13(2)18(6-12)22-19(23)15(11-21)7-14-8-16(20)10-17(9-14)24-3/h4-10H,1-3H3,(H,22,23)/b15-7+. The Morgan fingerprint density at radius 2 is 2.00 bits per heavy atom. The van der Waals surface area contributed by atoms with E-state index in [1.807, 2.05) is 50.2 Å². The topological polar surface area (TPSA) is 62.1 Å². The predicted molar refractivity (Wildman–Crippen MR) is 104 cm³/mol. The lowest BCUT2D eigenvalue weighted by Gasteiger charge is -2.09. The molecule has 24 heavy (non-hydrogen) atoms. The first-order valence-corrected chi connectivity index (χ1v) is 8.36. The maximum Gasteiger partial charge on any atom is 0.266 e. The zero-order valence-electron chi connectivity index (χ0n) is 13.7. The van der Waals surface area contributed by atoms with Gasteiger partial charge in [0, 0.05) is 9.26 Å². The quantitative estimate of drug-likeness (QED) is 0.441. The summed E-state index contributed by atoms with van der Waals surface area (Å²) >= 11 is 2.16. The Morgan fingerprint density at radius 1 is 1.25 bits per heavy atom. The van der Waals surface area contributed by atoms with Crippen LogP contribution in [-0.4, -0.2) is 13.0 Å². The van der Waals surface area contributed by atoms with Crippen molar-refractivity contribution < 1.29 is 9.53 Å². The van der Waals surface area contributed by atoms with Crippen molar-refractivity contribution in [1.82, 2.24) is 0 Å². The Labute approximate surface area is 155 Å². The molecule has 1 N–H and O–H groups in total. The first-order valence-electron chi connectivity index (χ1n) is 7.28. The van der Waals surface area contributed by atoms with Crippen LogP contribution >= 0.6 is 22.6 Å². The van der Waals surface area contributed by atoms with E-state index < -0.39 is 5.91 Å². The Kier molecular flexibility index (Phi) is 5.99. The molecule has 0 aliphatic rings. The van der Waals surface area contributed by atoms with Crippen molar-refractivity contribution in [2.45, 2.75) is 13.8 Å². The number of hydrogen-bond acceptors (Lipinski definition) is 3. The number of rotatable bonds is 4. The summed E-state index contributed by atoms with van der Waals surface area (Å²) < 4.78 is 6.18. The molecule has 122 valence electrons. The van der Waals surface area contributed by atoms with Crippen molar-refractivity contribution in [2.24, 2.45) is 0 Å². The van der Waals surface area contributed by atoms with Gasteiger partial charge in [-0.2, -0.15) is 5.26 Å². The largest absolute Gasteiger partial charge is 0.497 e. The monoisotopic (exact) mass is 432 g/mol. The molecule has 0 radical (unpaired) electrons. The summed E-state index contributed by atoms with van der Waals surface area (Å²) in [6, 6.07) is 13.3. The summed E-state index contributed by atoms with van der Waals surface area (Å²) in [4.78, 5) is 12.4. The van der Waals surface area contributed by atoms with Gasteiger partial charge in [0.1, 0.15) is 17.4 Å². The number of ether oxygens (including phenoxy) is 1.